The SMILES string of the molecule is CCONS(=O)(=O)c1cc(C)ccc1C. The van der Waals surface area contributed by atoms with E-state index in [1.54, 1.807) is 26.0 Å². The molecule has 0 amide bonds. The summed E-state index contributed by atoms with van der Waals surface area (Å²) in [5.41, 5.74) is 1.60. The predicted molar refractivity (Wildman–Crippen MR) is 57.9 cm³/mol. The summed E-state index contributed by atoms with van der Waals surface area (Å²) in [4.78, 5) is 7.03. The van der Waals surface area contributed by atoms with Crippen LogP contribution in [0.25, 0.3) is 0 Å². The minimum Gasteiger partial charge on any atom is -0.287 e. The molecule has 0 unspecified atom stereocenters. The highest BCUT2D eigenvalue weighted by Gasteiger charge is 2.16. The standard InChI is InChI=1S/C10H15NO3S/c1-4-14-11-15(12,13)10-7-8(2)5-6-9(10)3/h5-7,11H,4H2,1-3H3. The Morgan fingerprint density at radius 1 is 1.33 bits per heavy atom. The van der Waals surface area contributed by atoms with Gasteiger partial charge in [0.1, 0.15) is 0 Å². The molecule has 4 nitrogen and oxygen atoms in total. The Balaban J connectivity index is 3.09. The lowest BCUT2D eigenvalue weighted by molar-refractivity contribution is 0.105. The van der Waals surface area contributed by atoms with Crippen molar-refractivity contribution in [3.05, 3.63) is 29.3 Å². The maximum absolute atomic E-state index is 11.7. The molecule has 0 aliphatic carbocycles. The molecule has 5 heteroatoms. The van der Waals surface area contributed by atoms with Gasteiger partial charge in [-0.1, -0.05) is 17.0 Å². The summed E-state index contributed by atoms with van der Waals surface area (Å²) in [5.74, 6) is 0. The van der Waals surface area contributed by atoms with Crippen LogP contribution in [0.1, 0.15) is 18.1 Å². The van der Waals surface area contributed by atoms with Gasteiger partial charge in [-0.15, -0.1) is 0 Å². The molecule has 15 heavy (non-hydrogen) atoms. The lowest BCUT2D eigenvalue weighted by Crippen LogP contribution is -2.24. The Labute approximate surface area is 90.3 Å². The van der Waals surface area contributed by atoms with E-state index in [9.17, 15) is 8.42 Å². The summed E-state index contributed by atoms with van der Waals surface area (Å²) in [5, 5.41) is 0. The van der Waals surface area contributed by atoms with Crippen LogP contribution in [0.3, 0.4) is 0 Å². The van der Waals surface area contributed by atoms with Gasteiger partial charge in [0.05, 0.1) is 11.5 Å². The molecule has 0 aliphatic heterocycles. The highest BCUT2D eigenvalue weighted by Crippen LogP contribution is 2.16. The van der Waals surface area contributed by atoms with Crippen molar-refractivity contribution in [1.82, 2.24) is 4.89 Å². The molecular formula is C10H15NO3S. The first kappa shape index (κ1) is 12.2. The molecule has 0 saturated carbocycles. The number of aryl methyl sites for hydroxylation is 2. The summed E-state index contributed by atoms with van der Waals surface area (Å²) in [6.07, 6.45) is 0. The van der Waals surface area contributed by atoms with Gasteiger partial charge in [0.2, 0.25) is 0 Å². The molecule has 1 N–H and O–H groups in total. The van der Waals surface area contributed by atoms with Crippen LogP contribution >= 0.6 is 0 Å². The predicted octanol–water partition coefficient (Wildman–Crippen LogP) is 1.53. The van der Waals surface area contributed by atoms with Crippen LogP contribution in [-0.2, 0) is 14.9 Å². The summed E-state index contributed by atoms with van der Waals surface area (Å²) >= 11 is 0. The molecule has 1 rings (SSSR count). The third-order valence-electron chi connectivity index (χ3n) is 1.95. The number of benzene rings is 1. The number of hydrogen-bond donors (Lipinski definition) is 1. The molecule has 0 fully saturated rings. The van der Waals surface area contributed by atoms with E-state index >= 15 is 0 Å². The molecule has 0 bridgehead atoms. The van der Waals surface area contributed by atoms with Gasteiger partial charge in [-0.2, -0.15) is 0 Å². The van der Waals surface area contributed by atoms with E-state index in [0.717, 1.165) is 5.56 Å². The van der Waals surface area contributed by atoms with E-state index < -0.39 is 10.0 Å². The van der Waals surface area contributed by atoms with Crippen LogP contribution in [0.2, 0.25) is 0 Å². The van der Waals surface area contributed by atoms with Crippen molar-refractivity contribution >= 4 is 10.0 Å². The first-order chi connectivity index (χ1) is 6.97. The summed E-state index contributed by atoms with van der Waals surface area (Å²) in [6, 6.07) is 5.27. The fourth-order valence-corrected chi connectivity index (χ4v) is 2.37. The molecule has 84 valence electrons. The van der Waals surface area contributed by atoms with Crippen molar-refractivity contribution in [3.63, 3.8) is 0 Å². The zero-order chi connectivity index (χ0) is 11.5. The van der Waals surface area contributed by atoms with Gasteiger partial charge in [-0.3, -0.25) is 4.84 Å². The van der Waals surface area contributed by atoms with Gasteiger partial charge in [0, 0.05) is 0 Å². The molecule has 0 aliphatic rings. The second-order valence-electron chi connectivity index (χ2n) is 3.29. The third-order valence-corrected chi connectivity index (χ3v) is 3.30. The second kappa shape index (κ2) is 4.74. The van der Waals surface area contributed by atoms with Gasteiger partial charge in [-0.25, -0.2) is 8.42 Å². The Morgan fingerprint density at radius 3 is 2.60 bits per heavy atom. The Morgan fingerprint density at radius 2 is 2.00 bits per heavy atom. The van der Waals surface area contributed by atoms with E-state index in [4.69, 9.17) is 4.84 Å². The smallest absolute Gasteiger partial charge is 0.262 e. The lowest BCUT2D eigenvalue weighted by Gasteiger charge is -2.08. The monoisotopic (exact) mass is 229 g/mol. The van der Waals surface area contributed by atoms with Crippen LogP contribution in [-0.4, -0.2) is 15.0 Å². The molecule has 0 aromatic heterocycles. The highest BCUT2D eigenvalue weighted by atomic mass is 32.2. The van der Waals surface area contributed by atoms with Crippen LogP contribution < -0.4 is 4.89 Å². The molecule has 1 aromatic rings. The van der Waals surface area contributed by atoms with Crippen molar-refractivity contribution in [2.24, 2.45) is 0 Å². The average Bonchev–Trinajstić information content (AvgIpc) is 2.18. The number of nitrogens with one attached hydrogen (secondary N) is 1. The molecule has 0 heterocycles. The van der Waals surface area contributed by atoms with E-state index in [-0.39, 0.29) is 4.90 Å². The van der Waals surface area contributed by atoms with E-state index in [2.05, 4.69) is 4.89 Å². The van der Waals surface area contributed by atoms with E-state index in [0.29, 0.717) is 12.2 Å². The van der Waals surface area contributed by atoms with Crippen molar-refractivity contribution in [1.29, 1.82) is 0 Å². The lowest BCUT2D eigenvalue weighted by atomic mass is 10.2. The van der Waals surface area contributed by atoms with E-state index in [1.807, 2.05) is 13.0 Å². The van der Waals surface area contributed by atoms with Gasteiger partial charge in [0.25, 0.3) is 10.0 Å². The molecule has 1 aromatic carbocycles. The van der Waals surface area contributed by atoms with Crippen molar-refractivity contribution in [2.45, 2.75) is 25.7 Å². The quantitative estimate of drug-likeness (QED) is 0.797. The van der Waals surface area contributed by atoms with Crippen molar-refractivity contribution in [3.8, 4) is 0 Å². The molecule has 0 radical (unpaired) electrons. The van der Waals surface area contributed by atoms with Crippen LogP contribution in [0, 0.1) is 13.8 Å². The van der Waals surface area contributed by atoms with Crippen molar-refractivity contribution in [2.75, 3.05) is 6.61 Å². The molecule has 0 saturated heterocycles. The average molecular weight is 229 g/mol. The highest BCUT2D eigenvalue weighted by molar-refractivity contribution is 7.89. The first-order valence-electron chi connectivity index (χ1n) is 4.68. The summed E-state index contributed by atoms with van der Waals surface area (Å²) in [6.45, 7) is 5.61. The Hall–Kier alpha value is -0.910. The Kier molecular flexibility index (Phi) is 3.84. The van der Waals surface area contributed by atoms with Crippen LogP contribution in [0.4, 0.5) is 0 Å². The number of sulfonamides is 1. The van der Waals surface area contributed by atoms with Gasteiger partial charge in [0.15, 0.2) is 0 Å². The van der Waals surface area contributed by atoms with Gasteiger partial charge in [-0.05, 0) is 38.0 Å². The summed E-state index contributed by atoms with van der Waals surface area (Å²) in [7, 11) is -3.55. The normalized spacial score (nSPS) is 11.7. The minimum absolute atomic E-state index is 0.260. The van der Waals surface area contributed by atoms with Crippen LogP contribution in [0.15, 0.2) is 23.1 Å². The van der Waals surface area contributed by atoms with Gasteiger partial charge >= 0.3 is 0 Å². The van der Waals surface area contributed by atoms with Crippen molar-refractivity contribution < 1.29 is 13.3 Å². The minimum atomic E-state index is -3.55. The molecule has 0 atom stereocenters. The summed E-state index contributed by atoms with van der Waals surface area (Å²) < 4.78 is 23.5. The fourth-order valence-electron chi connectivity index (χ4n) is 1.18. The zero-order valence-electron chi connectivity index (χ0n) is 9.07. The first-order valence-corrected chi connectivity index (χ1v) is 6.16. The second-order valence-corrected chi connectivity index (χ2v) is 4.90. The maximum Gasteiger partial charge on any atom is 0.262 e. The number of rotatable bonds is 4. The Bertz CT molecular complexity index is 440. The zero-order valence-corrected chi connectivity index (χ0v) is 9.89. The molecule has 0 spiro atoms. The fraction of sp³-hybridized carbons (Fsp3) is 0.400. The van der Waals surface area contributed by atoms with Gasteiger partial charge < -0.3 is 0 Å². The maximum atomic E-state index is 11.7. The largest absolute Gasteiger partial charge is 0.287 e. The van der Waals surface area contributed by atoms with E-state index in [1.165, 1.54) is 0 Å². The third kappa shape index (κ3) is 3.02. The number of hydrogen-bond acceptors (Lipinski definition) is 3. The van der Waals surface area contributed by atoms with Crippen LogP contribution in [0.5, 0.6) is 0 Å². The topological polar surface area (TPSA) is 55.4 Å². The molecular weight excluding hydrogens is 214 g/mol.